The number of para-hydroxylation sites is 1. The van der Waals surface area contributed by atoms with E-state index in [-0.39, 0.29) is 6.04 Å². The molecule has 0 saturated heterocycles. The summed E-state index contributed by atoms with van der Waals surface area (Å²) >= 11 is 5.73. The van der Waals surface area contributed by atoms with Crippen LogP contribution in [-0.2, 0) is 0 Å². The second-order valence-electron chi connectivity index (χ2n) is 4.17. The van der Waals surface area contributed by atoms with Crippen molar-refractivity contribution in [3.8, 4) is 5.69 Å². The molecule has 0 amide bonds. The predicted molar refractivity (Wildman–Crippen MR) is 75.0 cm³/mol. The van der Waals surface area contributed by atoms with Gasteiger partial charge in [0.25, 0.3) is 0 Å². The van der Waals surface area contributed by atoms with Crippen molar-refractivity contribution in [3.05, 3.63) is 59.9 Å². The zero-order valence-electron chi connectivity index (χ0n) is 10.3. The quantitative estimate of drug-likeness (QED) is 0.895. The van der Waals surface area contributed by atoms with Crippen LogP contribution in [0.1, 0.15) is 18.5 Å². The third-order valence-corrected chi connectivity index (χ3v) is 2.86. The van der Waals surface area contributed by atoms with Gasteiger partial charge in [-0.15, -0.1) is 0 Å². The van der Waals surface area contributed by atoms with Crippen LogP contribution in [0.15, 0.2) is 54.3 Å². The minimum atomic E-state index is 0.193. The molecule has 0 fully saturated rings. The number of nitrogens with one attached hydrogen (secondary N) is 1. The van der Waals surface area contributed by atoms with Gasteiger partial charge < -0.3 is 5.32 Å². The minimum Gasteiger partial charge on any atom is -0.305 e. The zero-order valence-corrected chi connectivity index (χ0v) is 11.1. The fourth-order valence-corrected chi connectivity index (χ4v) is 1.74. The first-order valence-electron chi connectivity index (χ1n) is 5.83. The summed E-state index contributed by atoms with van der Waals surface area (Å²) in [5.41, 5.74) is 2.18. The van der Waals surface area contributed by atoms with Crippen molar-refractivity contribution in [1.29, 1.82) is 0 Å². The first-order chi connectivity index (χ1) is 8.66. The molecule has 0 aliphatic rings. The maximum absolute atomic E-state index is 5.73. The van der Waals surface area contributed by atoms with Crippen LogP contribution in [0.4, 0.5) is 0 Å². The Morgan fingerprint density at radius 3 is 2.83 bits per heavy atom. The number of halogens is 1. The Kier molecular flexibility index (Phi) is 4.18. The number of benzene rings is 1. The predicted octanol–water partition coefficient (Wildman–Crippen LogP) is 3.28. The highest BCUT2D eigenvalue weighted by Crippen LogP contribution is 2.14. The number of nitrogens with zero attached hydrogens (tertiary/aromatic N) is 2. The molecule has 1 heterocycles. The number of rotatable bonds is 5. The standard InChI is InChI=1S/C14H16ClN3/c1-11(15)8-16-12(2)13-9-17-18(10-13)14-6-4-3-5-7-14/h3-7,9-10,12,16H,1,8H2,2H3. The summed E-state index contributed by atoms with van der Waals surface area (Å²) in [5, 5.41) is 8.24. The molecule has 1 aromatic heterocycles. The maximum atomic E-state index is 5.73. The van der Waals surface area contributed by atoms with Crippen LogP contribution in [0.2, 0.25) is 0 Å². The van der Waals surface area contributed by atoms with Crippen molar-refractivity contribution in [2.75, 3.05) is 6.54 Å². The molecule has 1 aromatic carbocycles. The van der Waals surface area contributed by atoms with E-state index in [9.17, 15) is 0 Å². The second kappa shape index (κ2) is 5.85. The van der Waals surface area contributed by atoms with Crippen LogP contribution < -0.4 is 5.32 Å². The van der Waals surface area contributed by atoms with Gasteiger partial charge in [0.05, 0.1) is 11.9 Å². The van der Waals surface area contributed by atoms with Crippen LogP contribution >= 0.6 is 11.6 Å². The molecule has 0 spiro atoms. The highest BCUT2D eigenvalue weighted by Gasteiger charge is 2.08. The SMILES string of the molecule is C=C(Cl)CNC(C)c1cnn(-c2ccccc2)c1. The Morgan fingerprint density at radius 2 is 2.17 bits per heavy atom. The summed E-state index contributed by atoms with van der Waals surface area (Å²) in [5.74, 6) is 0. The van der Waals surface area contributed by atoms with Gasteiger partial charge in [-0.05, 0) is 19.1 Å². The molecule has 2 aromatic rings. The topological polar surface area (TPSA) is 29.9 Å². The Morgan fingerprint density at radius 1 is 1.44 bits per heavy atom. The first kappa shape index (κ1) is 12.9. The third-order valence-electron chi connectivity index (χ3n) is 2.72. The average molecular weight is 262 g/mol. The van der Waals surface area contributed by atoms with E-state index in [1.807, 2.05) is 47.4 Å². The molecule has 1 N–H and O–H groups in total. The Bertz CT molecular complexity index is 519. The van der Waals surface area contributed by atoms with Crippen molar-refractivity contribution >= 4 is 11.6 Å². The zero-order chi connectivity index (χ0) is 13.0. The van der Waals surface area contributed by atoms with E-state index in [1.54, 1.807) is 0 Å². The first-order valence-corrected chi connectivity index (χ1v) is 6.21. The normalized spacial score (nSPS) is 12.3. The Hall–Kier alpha value is -1.58. The third kappa shape index (κ3) is 3.22. The van der Waals surface area contributed by atoms with Crippen LogP contribution in [0.5, 0.6) is 0 Å². The molecule has 18 heavy (non-hydrogen) atoms. The molecule has 1 unspecified atom stereocenters. The summed E-state index contributed by atoms with van der Waals surface area (Å²) in [6.07, 6.45) is 3.88. The van der Waals surface area contributed by atoms with Crippen molar-refractivity contribution < 1.29 is 0 Å². The summed E-state index contributed by atoms with van der Waals surface area (Å²) in [7, 11) is 0. The van der Waals surface area contributed by atoms with E-state index in [4.69, 9.17) is 11.6 Å². The van der Waals surface area contributed by atoms with Crippen LogP contribution in [0, 0.1) is 0 Å². The number of hydrogen-bond donors (Lipinski definition) is 1. The summed E-state index contributed by atoms with van der Waals surface area (Å²) in [6, 6.07) is 10.2. The fourth-order valence-electron chi connectivity index (χ4n) is 1.66. The molecule has 3 nitrogen and oxygen atoms in total. The van der Waals surface area contributed by atoms with Gasteiger partial charge in [0.1, 0.15) is 0 Å². The molecule has 94 valence electrons. The van der Waals surface area contributed by atoms with Gasteiger partial charge in [0.15, 0.2) is 0 Å². The van der Waals surface area contributed by atoms with Gasteiger partial charge in [-0.2, -0.15) is 5.10 Å². The average Bonchev–Trinajstić information content (AvgIpc) is 2.86. The van der Waals surface area contributed by atoms with Gasteiger partial charge >= 0.3 is 0 Å². The highest BCUT2D eigenvalue weighted by molar-refractivity contribution is 6.29. The minimum absolute atomic E-state index is 0.193. The van der Waals surface area contributed by atoms with Gasteiger partial charge in [0, 0.05) is 29.4 Å². The van der Waals surface area contributed by atoms with Crippen molar-refractivity contribution in [1.82, 2.24) is 15.1 Å². The van der Waals surface area contributed by atoms with Crippen molar-refractivity contribution in [2.24, 2.45) is 0 Å². The van der Waals surface area contributed by atoms with E-state index in [0.29, 0.717) is 11.6 Å². The lowest BCUT2D eigenvalue weighted by Gasteiger charge is -2.10. The molecular weight excluding hydrogens is 246 g/mol. The largest absolute Gasteiger partial charge is 0.305 e. The Balaban J connectivity index is 2.08. The lowest BCUT2D eigenvalue weighted by Crippen LogP contribution is -2.19. The summed E-state index contributed by atoms with van der Waals surface area (Å²) in [6.45, 7) is 6.33. The monoisotopic (exact) mass is 261 g/mol. The molecule has 0 aliphatic heterocycles. The molecule has 0 bridgehead atoms. The van der Waals surface area contributed by atoms with Gasteiger partial charge in [-0.1, -0.05) is 36.4 Å². The second-order valence-corrected chi connectivity index (χ2v) is 4.71. The lowest BCUT2D eigenvalue weighted by molar-refractivity contribution is 0.614. The molecule has 1 atom stereocenters. The van der Waals surface area contributed by atoms with Crippen molar-refractivity contribution in [2.45, 2.75) is 13.0 Å². The number of hydrogen-bond acceptors (Lipinski definition) is 2. The van der Waals surface area contributed by atoms with Crippen LogP contribution in [0.25, 0.3) is 5.69 Å². The maximum Gasteiger partial charge on any atom is 0.0645 e. The van der Waals surface area contributed by atoms with Gasteiger partial charge in [-0.25, -0.2) is 4.68 Å². The van der Waals surface area contributed by atoms with E-state index in [1.165, 1.54) is 0 Å². The van der Waals surface area contributed by atoms with E-state index >= 15 is 0 Å². The van der Waals surface area contributed by atoms with Crippen LogP contribution in [-0.4, -0.2) is 16.3 Å². The van der Waals surface area contributed by atoms with E-state index in [2.05, 4.69) is 23.9 Å². The molecule has 0 saturated carbocycles. The molecular formula is C14H16ClN3. The highest BCUT2D eigenvalue weighted by atomic mass is 35.5. The molecule has 4 heteroatoms. The lowest BCUT2D eigenvalue weighted by atomic mass is 10.2. The number of aromatic nitrogens is 2. The van der Waals surface area contributed by atoms with Gasteiger partial charge in [0.2, 0.25) is 0 Å². The summed E-state index contributed by atoms with van der Waals surface area (Å²) in [4.78, 5) is 0. The Labute approximate surface area is 112 Å². The molecule has 0 radical (unpaired) electrons. The van der Waals surface area contributed by atoms with Crippen molar-refractivity contribution in [3.63, 3.8) is 0 Å². The molecule has 2 rings (SSSR count). The van der Waals surface area contributed by atoms with E-state index in [0.717, 1.165) is 11.3 Å². The summed E-state index contributed by atoms with van der Waals surface area (Å²) < 4.78 is 1.86. The van der Waals surface area contributed by atoms with E-state index < -0.39 is 0 Å². The smallest absolute Gasteiger partial charge is 0.0645 e. The fraction of sp³-hybridized carbons (Fsp3) is 0.214. The van der Waals surface area contributed by atoms with Gasteiger partial charge in [-0.3, -0.25) is 0 Å². The molecule has 0 aliphatic carbocycles. The van der Waals surface area contributed by atoms with Crippen LogP contribution in [0.3, 0.4) is 0 Å².